The highest BCUT2D eigenvalue weighted by atomic mass is 35.5. The van der Waals surface area contributed by atoms with Crippen molar-refractivity contribution in [2.75, 3.05) is 32.1 Å². The lowest BCUT2D eigenvalue weighted by atomic mass is 10.0. The molecule has 7 heteroatoms. The lowest BCUT2D eigenvalue weighted by Crippen LogP contribution is -2.42. The Morgan fingerprint density at radius 3 is 2.86 bits per heavy atom. The van der Waals surface area contributed by atoms with Crippen LogP contribution in [0.3, 0.4) is 0 Å². The van der Waals surface area contributed by atoms with E-state index in [4.69, 9.17) is 16.3 Å². The van der Waals surface area contributed by atoms with Crippen LogP contribution >= 0.6 is 11.6 Å². The SMILES string of the molecule is COCCC(=O)N1CCC(Nc2c(F)cncc2Cl)CC1. The molecule has 0 aliphatic carbocycles. The Morgan fingerprint density at radius 2 is 2.24 bits per heavy atom. The second kappa shape index (κ2) is 7.56. The third kappa shape index (κ3) is 4.28. The summed E-state index contributed by atoms with van der Waals surface area (Å²) in [6.07, 6.45) is 4.47. The molecule has 1 aromatic heterocycles. The van der Waals surface area contributed by atoms with Gasteiger partial charge in [-0.25, -0.2) is 4.39 Å². The average molecular weight is 316 g/mol. The van der Waals surface area contributed by atoms with Crippen LogP contribution in [0.15, 0.2) is 12.4 Å². The van der Waals surface area contributed by atoms with E-state index in [0.717, 1.165) is 19.0 Å². The van der Waals surface area contributed by atoms with E-state index in [9.17, 15) is 9.18 Å². The minimum absolute atomic E-state index is 0.100. The quantitative estimate of drug-likeness (QED) is 0.906. The molecule has 0 saturated carbocycles. The smallest absolute Gasteiger partial charge is 0.224 e. The maximum absolute atomic E-state index is 13.7. The first-order valence-corrected chi connectivity index (χ1v) is 7.32. The molecule has 1 aliphatic heterocycles. The molecule has 0 spiro atoms. The van der Waals surface area contributed by atoms with E-state index in [1.807, 2.05) is 4.90 Å². The molecule has 1 saturated heterocycles. The van der Waals surface area contributed by atoms with Gasteiger partial charge in [0.2, 0.25) is 5.91 Å². The molecule has 1 aromatic rings. The molecule has 116 valence electrons. The number of hydrogen-bond donors (Lipinski definition) is 1. The van der Waals surface area contributed by atoms with Crippen molar-refractivity contribution < 1.29 is 13.9 Å². The summed E-state index contributed by atoms with van der Waals surface area (Å²) in [6.45, 7) is 1.75. The molecule has 2 rings (SSSR count). The summed E-state index contributed by atoms with van der Waals surface area (Å²) < 4.78 is 18.6. The van der Waals surface area contributed by atoms with Crippen molar-refractivity contribution in [3.8, 4) is 0 Å². The van der Waals surface area contributed by atoms with Crippen LogP contribution in [-0.2, 0) is 9.53 Å². The Kier molecular flexibility index (Phi) is 5.76. The van der Waals surface area contributed by atoms with Crippen molar-refractivity contribution in [1.82, 2.24) is 9.88 Å². The predicted molar refractivity (Wildman–Crippen MR) is 78.9 cm³/mol. The van der Waals surface area contributed by atoms with Crippen molar-refractivity contribution in [2.24, 2.45) is 0 Å². The van der Waals surface area contributed by atoms with Gasteiger partial charge in [-0.3, -0.25) is 9.78 Å². The van der Waals surface area contributed by atoms with E-state index in [2.05, 4.69) is 10.3 Å². The van der Waals surface area contributed by atoms with Gasteiger partial charge >= 0.3 is 0 Å². The lowest BCUT2D eigenvalue weighted by molar-refractivity contribution is -0.133. The minimum atomic E-state index is -0.457. The van der Waals surface area contributed by atoms with Crippen LogP contribution in [0.25, 0.3) is 0 Å². The lowest BCUT2D eigenvalue weighted by Gasteiger charge is -2.33. The number of carbonyl (C=O) groups excluding carboxylic acids is 1. The Hall–Kier alpha value is -1.40. The van der Waals surface area contributed by atoms with Crippen LogP contribution in [0.2, 0.25) is 5.02 Å². The molecule has 21 heavy (non-hydrogen) atoms. The second-order valence-electron chi connectivity index (χ2n) is 5.02. The fraction of sp³-hybridized carbons (Fsp3) is 0.571. The van der Waals surface area contributed by atoms with Gasteiger partial charge in [-0.05, 0) is 12.8 Å². The van der Waals surface area contributed by atoms with Crippen molar-refractivity contribution >= 4 is 23.2 Å². The highest BCUT2D eigenvalue weighted by Crippen LogP contribution is 2.26. The summed E-state index contributed by atoms with van der Waals surface area (Å²) >= 11 is 5.94. The summed E-state index contributed by atoms with van der Waals surface area (Å²) in [5.74, 6) is -0.357. The Balaban J connectivity index is 1.86. The number of pyridine rings is 1. The molecule has 5 nitrogen and oxygen atoms in total. The van der Waals surface area contributed by atoms with E-state index < -0.39 is 5.82 Å². The van der Waals surface area contributed by atoms with E-state index in [-0.39, 0.29) is 22.7 Å². The van der Waals surface area contributed by atoms with Crippen LogP contribution in [0.4, 0.5) is 10.1 Å². The fourth-order valence-corrected chi connectivity index (χ4v) is 2.58. The minimum Gasteiger partial charge on any atom is -0.384 e. The number of piperidine rings is 1. The zero-order valence-corrected chi connectivity index (χ0v) is 12.7. The molecule has 0 radical (unpaired) electrons. The molecule has 1 N–H and O–H groups in total. The normalized spacial score (nSPS) is 16.0. The van der Waals surface area contributed by atoms with E-state index in [1.165, 1.54) is 6.20 Å². The molecule has 1 aliphatic rings. The number of amides is 1. The summed E-state index contributed by atoms with van der Waals surface area (Å²) in [6, 6.07) is 0.103. The number of anilines is 1. The van der Waals surface area contributed by atoms with Crippen LogP contribution in [0, 0.1) is 5.82 Å². The molecular weight excluding hydrogens is 297 g/mol. The molecule has 1 fully saturated rings. The maximum Gasteiger partial charge on any atom is 0.224 e. The van der Waals surface area contributed by atoms with Crippen molar-refractivity contribution in [2.45, 2.75) is 25.3 Å². The van der Waals surface area contributed by atoms with Crippen LogP contribution in [-0.4, -0.2) is 48.6 Å². The molecule has 0 unspecified atom stereocenters. The van der Waals surface area contributed by atoms with Crippen LogP contribution < -0.4 is 5.32 Å². The standard InChI is InChI=1S/C14H19ClFN3O2/c1-21-7-4-13(20)19-5-2-10(3-6-19)18-14-11(15)8-17-9-12(14)16/h8-10H,2-7H2,1H3,(H,17,18). The van der Waals surface area contributed by atoms with E-state index >= 15 is 0 Å². The number of rotatable bonds is 5. The second-order valence-corrected chi connectivity index (χ2v) is 5.43. The molecule has 0 aromatic carbocycles. The largest absolute Gasteiger partial charge is 0.384 e. The first-order valence-electron chi connectivity index (χ1n) is 6.94. The van der Waals surface area contributed by atoms with Gasteiger partial charge in [0.05, 0.1) is 29.9 Å². The topological polar surface area (TPSA) is 54.5 Å². The number of methoxy groups -OCH3 is 1. The first-order chi connectivity index (χ1) is 10.1. The summed E-state index contributed by atoms with van der Waals surface area (Å²) in [4.78, 5) is 17.4. The van der Waals surface area contributed by atoms with Crippen LogP contribution in [0.5, 0.6) is 0 Å². The van der Waals surface area contributed by atoms with Gasteiger partial charge in [-0.1, -0.05) is 11.6 Å². The van der Waals surface area contributed by atoms with Crippen molar-refractivity contribution in [3.05, 3.63) is 23.2 Å². The summed E-state index contributed by atoms with van der Waals surface area (Å²) in [7, 11) is 1.58. The van der Waals surface area contributed by atoms with Gasteiger partial charge in [0, 0.05) is 32.4 Å². The van der Waals surface area contributed by atoms with Gasteiger partial charge in [-0.15, -0.1) is 0 Å². The number of nitrogens with one attached hydrogen (secondary N) is 1. The Morgan fingerprint density at radius 1 is 1.52 bits per heavy atom. The Labute approximate surface area is 128 Å². The molecule has 2 heterocycles. The van der Waals surface area contributed by atoms with Gasteiger partial charge in [-0.2, -0.15) is 0 Å². The highest BCUT2D eigenvalue weighted by molar-refractivity contribution is 6.33. The number of ether oxygens (including phenoxy) is 1. The molecule has 0 bridgehead atoms. The third-order valence-corrected chi connectivity index (χ3v) is 3.86. The molecule has 0 atom stereocenters. The predicted octanol–water partition coefficient (Wildman–Crippen LogP) is 2.31. The van der Waals surface area contributed by atoms with E-state index in [0.29, 0.717) is 26.1 Å². The third-order valence-electron chi connectivity index (χ3n) is 3.57. The number of likely N-dealkylation sites (tertiary alicyclic amines) is 1. The zero-order valence-electron chi connectivity index (χ0n) is 11.9. The van der Waals surface area contributed by atoms with Gasteiger partial charge in [0.1, 0.15) is 0 Å². The average Bonchev–Trinajstić information content (AvgIpc) is 2.49. The van der Waals surface area contributed by atoms with Gasteiger partial charge < -0.3 is 15.0 Å². The first kappa shape index (κ1) is 16.0. The molecular formula is C14H19ClFN3O2. The maximum atomic E-state index is 13.7. The summed E-state index contributed by atoms with van der Waals surface area (Å²) in [5.41, 5.74) is 0.288. The van der Waals surface area contributed by atoms with Gasteiger partial charge in [0.25, 0.3) is 0 Å². The van der Waals surface area contributed by atoms with Gasteiger partial charge in [0.15, 0.2) is 5.82 Å². The number of carbonyl (C=O) groups is 1. The number of hydrogen-bond acceptors (Lipinski definition) is 4. The fourth-order valence-electron chi connectivity index (χ4n) is 2.37. The van der Waals surface area contributed by atoms with Crippen molar-refractivity contribution in [1.29, 1.82) is 0 Å². The summed E-state index contributed by atoms with van der Waals surface area (Å²) in [5, 5.41) is 3.38. The molecule has 1 amide bonds. The zero-order chi connectivity index (χ0) is 15.2. The Bertz CT molecular complexity index is 473. The van der Waals surface area contributed by atoms with Crippen LogP contribution in [0.1, 0.15) is 19.3 Å². The highest BCUT2D eigenvalue weighted by Gasteiger charge is 2.23. The number of halogens is 2. The monoisotopic (exact) mass is 315 g/mol. The number of aromatic nitrogens is 1. The van der Waals surface area contributed by atoms with E-state index in [1.54, 1.807) is 7.11 Å². The number of nitrogens with zero attached hydrogens (tertiary/aromatic N) is 2. The van der Waals surface area contributed by atoms with Crippen molar-refractivity contribution in [3.63, 3.8) is 0 Å².